The van der Waals surface area contributed by atoms with Gasteiger partial charge in [0.05, 0.1) is 23.4 Å². The van der Waals surface area contributed by atoms with Crippen molar-refractivity contribution in [3.8, 4) is 0 Å². The zero-order chi connectivity index (χ0) is 20.8. The minimum atomic E-state index is -4.49. The molecule has 0 unspecified atom stereocenters. The van der Waals surface area contributed by atoms with Crippen LogP contribution in [-0.2, 0) is 11.0 Å². The van der Waals surface area contributed by atoms with Crippen LogP contribution < -0.4 is 5.32 Å². The van der Waals surface area contributed by atoms with Crippen LogP contribution in [0, 0.1) is 0 Å². The van der Waals surface area contributed by atoms with Crippen molar-refractivity contribution in [3.05, 3.63) is 65.2 Å². The van der Waals surface area contributed by atoms with Crippen LogP contribution >= 0.6 is 0 Å². The van der Waals surface area contributed by atoms with Crippen LogP contribution in [-0.4, -0.2) is 53.2 Å². The fraction of sp³-hybridized carbons (Fsp3) is 0.250. The van der Waals surface area contributed by atoms with Gasteiger partial charge < -0.3 is 15.1 Å². The molecule has 2 aliphatic heterocycles. The second-order valence-electron chi connectivity index (χ2n) is 6.88. The van der Waals surface area contributed by atoms with E-state index in [-0.39, 0.29) is 31.1 Å². The molecule has 1 saturated heterocycles. The minimum Gasteiger partial charge on any atom is -0.334 e. The van der Waals surface area contributed by atoms with Gasteiger partial charge in [0.1, 0.15) is 6.04 Å². The summed E-state index contributed by atoms with van der Waals surface area (Å²) in [5, 5.41) is 2.71. The predicted molar refractivity (Wildman–Crippen MR) is 97.2 cm³/mol. The average molecular weight is 403 g/mol. The summed E-state index contributed by atoms with van der Waals surface area (Å²) < 4.78 is 38.1. The summed E-state index contributed by atoms with van der Waals surface area (Å²) in [6.45, 7) is 0.292. The Morgan fingerprint density at radius 3 is 2.38 bits per heavy atom. The highest BCUT2D eigenvalue weighted by Crippen LogP contribution is 2.30. The van der Waals surface area contributed by atoms with Gasteiger partial charge in [-0.3, -0.25) is 14.4 Å². The molecule has 9 heteroatoms. The van der Waals surface area contributed by atoms with Gasteiger partial charge in [-0.1, -0.05) is 12.1 Å². The number of carbonyl (C=O) groups excluding carboxylic acids is 3. The Kier molecular flexibility index (Phi) is 4.52. The molecule has 3 amide bonds. The molecule has 4 rings (SSSR count). The van der Waals surface area contributed by atoms with E-state index in [2.05, 4.69) is 5.32 Å². The number of halogens is 3. The molecular weight excluding hydrogens is 387 g/mol. The molecule has 0 bridgehead atoms. The summed E-state index contributed by atoms with van der Waals surface area (Å²) in [6, 6.07) is 9.73. The number of nitrogens with one attached hydrogen (secondary N) is 1. The molecular formula is C20H16F3N3O3. The summed E-state index contributed by atoms with van der Waals surface area (Å²) in [5.41, 5.74) is 0.0452. The summed E-state index contributed by atoms with van der Waals surface area (Å²) in [6.07, 6.45) is -4.49. The van der Waals surface area contributed by atoms with Gasteiger partial charge >= 0.3 is 6.18 Å². The van der Waals surface area contributed by atoms with Crippen molar-refractivity contribution in [2.45, 2.75) is 12.2 Å². The molecule has 0 saturated carbocycles. The highest BCUT2D eigenvalue weighted by molar-refractivity contribution is 6.10. The molecule has 0 aromatic heterocycles. The highest BCUT2D eigenvalue weighted by atomic mass is 19.4. The smallest absolute Gasteiger partial charge is 0.334 e. The third kappa shape index (κ3) is 3.43. The number of para-hydroxylation sites is 1. The molecule has 1 fully saturated rings. The molecule has 2 heterocycles. The molecule has 2 aromatic rings. The number of amides is 3. The maximum atomic E-state index is 12.8. The zero-order valence-corrected chi connectivity index (χ0v) is 15.1. The fourth-order valence-corrected chi connectivity index (χ4v) is 3.57. The number of fused-ring (bicyclic) bond motifs is 2. The van der Waals surface area contributed by atoms with E-state index in [1.54, 1.807) is 24.3 Å². The van der Waals surface area contributed by atoms with Crippen LogP contribution in [0.1, 0.15) is 26.3 Å². The van der Waals surface area contributed by atoms with Gasteiger partial charge in [-0.15, -0.1) is 0 Å². The molecule has 0 aliphatic carbocycles. The highest BCUT2D eigenvalue weighted by Gasteiger charge is 2.40. The number of hydrogen-bond acceptors (Lipinski definition) is 3. The van der Waals surface area contributed by atoms with Crippen molar-refractivity contribution in [3.63, 3.8) is 0 Å². The van der Waals surface area contributed by atoms with Gasteiger partial charge in [0.2, 0.25) is 5.91 Å². The van der Waals surface area contributed by atoms with Crippen LogP contribution in [0.3, 0.4) is 0 Å². The standard InChI is InChI=1S/C20H16F3N3O3/c21-20(22,23)13-7-5-12(6-8-13)18(28)25-9-10-26-16(11-25)17(27)24-15-4-2-1-3-14(15)19(26)29/h1-8,16H,9-11H2,(H,24,27)/t16-/m0/s1. The Balaban J connectivity index is 1.55. The summed E-state index contributed by atoms with van der Waals surface area (Å²) in [7, 11) is 0. The van der Waals surface area contributed by atoms with Gasteiger partial charge in [-0.2, -0.15) is 13.2 Å². The molecule has 2 aromatic carbocycles. The van der Waals surface area contributed by atoms with Crippen LogP contribution in [0.2, 0.25) is 0 Å². The number of rotatable bonds is 1. The van der Waals surface area contributed by atoms with Crippen molar-refractivity contribution in [1.29, 1.82) is 0 Å². The van der Waals surface area contributed by atoms with Gasteiger partial charge in [-0.25, -0.2) is 0 Å². The fourth-order valence-electron chi connectivity index (χ4n) is 3.57. The molecule has 0 spiro atoms. The monoisotopic (exact) mass is 403 g/mol. The number of nitrogens with zero attached hydrogens (tertiary/aromatic N) is 2. The Morgan fingerprint density at radius 1 is 1.00 bits per heavy atom. The van der Waals surface area contributed by atoms with Crippen LogP contribution in [0.5, 0.6) is 0 Å². The third-order valence-corrected chi connectivity index (χ3v) is 5.11. The third-order valence-electron chi connectivity index (χ3n) is 5.11. The Bertz CT molecular complexity index is 988. The number of anilines is 1. The van der Waals surface area contributed by atoms with E-state index in [1.165, 1.54) is 9.80 Å². The van der Waals surface area contributed by atoms with E-state index in [9.17, 15) is 27.6 Å². The number of carbonyl (C=O) groups is 3. The summed E-state index contributed by atoms with van der Waals surface area (Å²) in [4.78, 5) is 41.0. The van der Waals surface area contributed by atoms with E-state index < -0.39 is 29.6 Å². The lowest BCUT2D eigenvalue weighted by atomic mass is 10.1. The molecule has 150 valence electrons. The van der Waals surface area contributed by atoms with Gasteiger partial charge in [-0.05, 0) is 36.4 Å². The van der Waals surface area contributed by atoms with Gasteiger partial charge in [0.15, 0.2) is 0 Å². The quantitative estimate of drug-likeness (QED) is 0.796. The largest absolute Gasteiger partial charge is 0.416 e. The molecule has 2 aliphatic rings. The second-order valence-corrected chi connectivity index (χ2v) is 6.88. The normalized spacial score (nSPS) is 19.2. The number of piperazine rings is 1. The van der Waals surface area contributed by atoms with Gasteiger partial charge in [0.25, 0.3) is 11.8 Å². The maximum Gasteiger partial charge on any atom is 0.416 e. The van der Waals surface area contributed by atoms with E-state index >= 15 is 0 Å². The lowest BCUT2D eigenvalue weighted by molar-refractivity contribution is -0.137. The summed E-state index contributed by atoms with van der Waals surface area (Å²) >= 11 is 0. The van der Waals surface area contributed by atoms with Crippen molar-refractivity contribution in [1.82, 2.24) is 9.80 Å². The number of alkyl halides is 3. The zero-order valence-electron chi connectivity index (χ0n) is 15.1. The molecule has 0 radical (unpaired) electrons. The van der Waals surface area contributed by atoms with E-state index in [4.69, 9.17) is 0 Å². The number of benzene rings is 2. The molecule has 1 atom stereocenters. The van der Waals surface area contributed by atoms with Crippen LogP contribution in [0.25, 0.3) is 0 Å². The maximum absolute atomic E-state index is 12.8. The predicted octanol–water partition coefficient (Wildman–Crippen LogP) is 2.62. The Hall–Kier alpha value is -3.36. The first-order valence-corrected chi connectivity index (χ1v) is 8.93. The molecule has 6 nitrogen and oxygen atoms in total. The van der Waals surface area contributed by atoms with Crippen molar-refractivity contribution < 1.29 is 27.6 Å². The van der Waals surface area contributed by atoms with E-state index in [0.717, 1.165) is 24.3 Å². The SMILES string of the molecule is O=C1Nc2ccccc2C(=O)N2CCN(C(=O)c3ccc(C(F)(F)F)cc3)C[C@@H]12. The first-order chi connectivity index (χ1) is 13.8. The lowest BCUT2D eigenvalue weighted by Crippen LogP contribution is -2.59. The Labute approximate surface area is 163 Å². The Morgan fingerprint density at radius 2 is 1.69 bits per heavy atom. The van der Waals surface area contributed by atoms with Crippen LogP contribution in [0.15, 0.2) is 48.5 Å². The average Bonchev–Trinajstić information content (AvgIpc) is 2.82. The van der Waals surface area contributed by atoms with Crippen molar-refractivity contribution >= 4 is 23.4 Å². The van der Waals surface area contributed by atoms with Crippen molar-refractivity contribution in [2.24, 2.45) is 0 Å². The first-order valence-electron chi connectivity index (χ1n) is 8.93. The first kappa shape index (κ1) is 19.0. The van der Waals surface area contributed by atoms with E-state index in [1.807, 2.05) is 0 Å². The van der Waals surface area contributed by atoms with E-state index in [0.29, 0.717) is 11.3 Å². The van der Waals surface area contributed by atoms with Crippen molar-refractivity contribution in [2.75, 3.05) is 25.0 Å². The lowest BCUT2D eigenvalue weighted by Gasteiger charge is -2.39. The minimum absolute atomic E-state index is 0.0363. The molecule has 1 N–H and O–H groups in total. The topological polar surface area (TPSA) is 69.7 Å². The second kappa shape index (κ2) is 6.91. The van der Waals surface area contributed by atoms with Crippen LogP contribution in [0.4, 0.5) is 18.9 Å². The summed E-state index contributed by atoms with van der Waals surface area (Å²) in [5.74, 6) is -1.20. The van der Waals surface area contributed by atoms with Gasteiger partial charge in [0, 0.05) is 18.7 Å². The molecule has 29 heavy (non-hydrogen) atoms. The number of hydrogen-bond donors (Lipinski definition) is 1.